The van der Waals surface area contributed by atoms with Crippen molar-refractivity contribution in [2.24, 2.45) is 0 Å². The second-order valence-corrected chi connectivity index (χ2v) is 5.39. The highest BCUT2D eigenvalue weighted by molar-refractivity contribution is 5.69. The van der Waals surface area contributed by atoms with Crippen molar-refractivity contribution < 1.29 is 9.53 Å². The molecule has 2 heterocycles. The highest BCUT2D eigenvalue weighted by atomic mass is 16.6. The van der Waals surface area contributed by atoms with E-state index in [1.54, 1.807) is 11.1 Å². The van der Waals surface area contributed by atoms with Gasteiger partial charge in [0, 0.05) is 39.4 Å². The zero-order chi connectivity index (χ0) is 15.2. The second kappa shape index (κ2) is 7.15. The number of rotatable bonds is 4. The summed E-state index contributed by atoms with van der Waals surface area (Å²) in [7, 11) is 4.04. The summed E-state index contributed by atoms with van der Waals surface area (Å²) in [5.41, 5.74) is 2.16. The van der Waals surface area contributed by atoms with Gasteiger partial charge in [-0.05, 0) is 25.8 Å². The first-order valence-electron chi connectivity index (χ1n) is 7.41. The molecule has 0 atom stereocenters. The Hall–Kier alpha value is -1.98. The number of likely N-dealkylation sites (tertiary alicyclic amines) is 1. The fourth-order valence-electron chi connectivity index (χ4n) is 2.53. The summed E-state index contributed by atoms with van der Waals surface area (Å²) >= 11 is 0. The van der Waals surface area contributed by atoms with Crippen LogP contribution in [0.5, 0.6) is 0 Å². The van der Waals surface area contributed by atoms with Gasteiger partial charge in [-0.2, -0.15) is 0 Å². The van der Waals surface area contributed by atoms with E-state index in [-0.39, 0.29) is 6.09 Å². The Morgan fingerprint density at radius 2 is 2.19 bits per heavy atom. The van der Waals surface area contributed by atoms with Gasteiger partial charge in [-0.3, -0.25) is 4.98 Å². The van der Waals surface area contributed by atoms with E-state index in [1.165, 1.54) is 0 Å². The summed E-state index contributed by atoms with van der Waals surface area (Å²) in [5.74, 6) is 0. The molecule has 0 unspecified atom stereocenters. The third kappa shape index (κ3) is 4.00. The molecule has 0 radical (unpaired) electrons. The average Bonchev–Trinajstić information content (AvgIpc) is 2.48. The summed E-state index contributed by atoms with van der Waals surface area (Å²) in [6, 6.07) is 2.36. The molecule has 6 nitrogen and oxygen atoms in total. The second-order valence-electron chi connectivity index (χ2n) is 5.39. The zero-order valence-electron chi connectivity index (χ0n) is 13.0. The van der Waals surface area contributed by atoms with Crippen molar-refractivity contribution >= 4 is 17.5 Å². The molecule has 0 spiro atoms. The Kier molecular flexibility index (Phi) is 5.25. The lowest BCUT2D eigenvalue weighted by Crippen LogP contribution is -2.42. The number of amides is 1. The normalized spacial score (nSPS) is 15.7. The lowest BCUT2D eigenvalue weighted by atomic mass is 10.1. The van der Waals surface area contributed by atoms with E-state index in [0.29, 0.717) is 12.6 Å². The van der Waals surface area contributed by atoms with E-state index in [4.69, 9.17) is 4.74 Å². The maximum absolute atomic E-state index is 11.7. The van der Waals surface area contributed by atoms with Gasteiger partial charge in [0.25, 0.3) is 0 Å². The first-order valence-corrected chi connectivity index (χ1v) is 7.41. The van der Waals surface area contributed by atoms with E-state index >= 15 is 0 Å². The van der Waals surface area contributed by atoms with Crippen LogP contribution in [0.4, 0.5) is 16.2 Å². The highest BCUT2D eigenvalue weighted by Crippen LogP contribution is 2.25. The summed E-state index contributed by atoms with van der Waals surface area (Å²) in [6.07, 6.45) is 5.28. The summed E-state index contributed by atoms with van der Waals surface area (Å²) in [5, 5.41) is 3.54. The number of anilines is 2. The van der Waals surface area contributed by atoms with Gasteiger partial charge in [0.05, 0.1) is 24.2 Å². The van der Waals surface area contributed by atoms with Gasteiger partial charge < -0.3 is 19.9 Å². The third-order valence-electron chi connectivity index (χ3n) is 3.66. The molecule has 0 aliphatic carbocycles. The molecule has 1 aliphatic heterocycles. The number of carbonyl (C=O) groups excluding carboxylic acids is 1. The van der Waals surface area contributed by atoms with Crippen molar-refractivity contribution in [3.05, 3.63) is 18.5 Å². The van der Waals surface area contributed by atoms with Crippen LogP contribution in [0, 0.1) is 0 Å². The van der Waals surface area contributed by atoms with Crippen molar-refractivity contribution in [2.45, 2.75) is 25.8 Å². The number of aromatic nitrogens is 1. The summed E-state index contributed by atoms with van der Waals surface area (Å²) in [6.45, 7) is 3.72. The van der Waals surface area contributed by atoms with Crippen LogP contribution in [0.2, 0.25) is 0 Å². The minimum absolute atomic E-state index is 0.202. The highest BCUT2D eigenvalue weighted by Gasteiger charge is 2.24. The Bertz CT molecular complexity index is 470. The molecule has 1 aromatic rings. The van der Waals surface area contributed by atoms with E-state index in [0.717, 1.165) is 37.3 Å². The molecular weight excluding hydrogens is 268 g/mol. The van der Waals surface area contributed by atoms with Crippen LogP contribution in [0.25, 0.3) is 0 Å². The summed E-state index contributed by atoms with van der Waals surface area (Å²) in [4.78, 5) is 19.7. The molecule has 21 heavy (non-hydrogen) atoms. The standard InChI is InChI=1S/C15H24N4O2/c1-4-21-15(20)19-9-6-12(7-10-19)17-13-11-16-8-5-14(13)18(2)3/h5,8,11-12,17H,4,6-7,9-10H2,1-3H3. The minimum Gasteiger partial charge on any atom is -0.450 e. The lowest BCUT2D eigenvalue weighted by Gasteiger charge is -2.32. The molecule has 1 N–H and O–H groups in total. The number of hydrogen-bond donors (Lipinski definition) is 1. The summed E-state index contributed by atoms with van der Waals surface area (Å²) < 4.78 is 5.04. The van der Waals surface area contributed by atoms with Crippen molar-refractivity contribution in [3.8, 4) is 0 Å². The maximum Gasteiger partial charge on any atom is 0.409 e. The molecular formula is C15H24N4O2. The largest absolute Gasteiger partial charge is 0.450 e. The maximum atomic E-state index is 11.7. The molecule has 0 bridgehead atoms. The number of nitrogens with zero attached hydrogens (tertiary/aromatic N) is 3. The van der Waals surface area contributed by atoms with Crippen LogP contribution < -0.4 is 10.2 Å². The fourth-order valence-corrected chi connectivity index (χ4v) is 2.53. The van der Waals surface area contributed by atoms with Gasteiger partial charge in [0.1, 0.15) is 0 Å². The number of nitrogens with one attached hydrogen (secondary N) is 1. The molecule has 1 aliphatic rings. The number of hydrogen-bond acceptors (Lipinski definition) is 5. The van der Waals surface area contributed by atoms with Crippen molar-refractivity contribution in [2.75, 3.05) is 44.0 Å². The van der Waals surface area contributed by atoms with Gasteiger partial charge in [0.2, 0.25) is 0 Å². The Morgan fingerprint density at radius 3 is 2.81 bits per heavy atom. The van der Waals surface area contributed by atoms with Crippen molar-refractivity contribution in [1.29, 1.82) is 0 Å². The topological polar surface area (TPSA) is 57.7 Å². The molecule has 2 rings (SSSR count). The molecule has 116 valence electrons. The number of pyridine rings is 1. The van der Waals surface area contributed by atoms with Gasteiger partial charge in [-0.1, -0.05) is 0 Å². The number of carbonyl (C=O) groups is 1. The van der Waals surface area contributed by atoms with Crippen molar-refractivity contribution in [3.63, 3.8) is 0 Å². The molecule has 0 saturated carbocycles. The number of piperidine rings is 1. The lowest BCUT2D eigenvalue weighted by molar-refractivity contribution is 0.0983. The number of ether oxygens (including phenoxy) is 1. The van der Waals surface area contributed by atoms with E-state index in [2.05, 4.69) is 15.2 Å². The predicted molar refractivity (Wildman–Crippen MR) is 83.8 cm³/mol. The van der Waals surface area contributed by atoms with Crippen LogP contribution in [0.3, 0.4) is 0 Å². The van der Waals surface area contributed by atoms with E-state index in [9.17, 15) is 4.79 Å². The molecule has 1 aromatic heterocycles. The predicted octanol–water partition coefficient (Wildman–Crippen LogP) is 2.18. The smallest absolute Gasteiger partial charge is 0.409 e. The Balaban J connectivity index is 1.91. The Labute approximate surface area is 126 Å². The Morgan fingerprint density at radius 1 is 1.48 bits per heavy atom. The quantitative estimate of drug-likeness (QED) is 0.922. The molecule has 0 aromatic carbocycles. The van der Waals surface area contributed by atoms with Crippen LogP contribution in [-0.2, 0) is 4.74 Å². The third-order valence-corrected chi connectivity index (χ3v) is 3.66. The molecule has 6 heteroatoms. The van der Waals surface area contributed by atoms with Crippen LogP contribution in [-0.4, -0.2) is 55.8 Å². The van der Waals surface area contributed by atoms with Crippen LogP contribution in [0.15, 0.2) is 18.5 Å². The van der Waals surface area contributed by atoms with Gasteiger partial charge in [-0.25, -0.2) is 4.79 Å². The molecule has 1 amide bonds. The monoisotopic (exact) mass is 292 g/mol. The minimum atomic E-state index is -0.202. The van der Waals surface area contributed by atoms with Crippen LogP contribution >= 0.6 is 0 Å². The van der Waals surface area contributed by atoms with E-state index in [1.807, 2.05) is 33.3 Å². The average molecular weight is 292 g/mol. The van der Waals surface area contributed by atoms with Gasteiger partial charge in [-0.15, -0.1) is 0 Å². The fraction of sp³-hybridized carbons (Fsp3) is 0.600. The van der Waals surface area contributed by atoms with Crippen LogP contribution in [0.1, 0.15) is 19.8 Å². The van der Waals surface area contributed by atoms with Gasteiger partial charge in [0.15, 0.2) is 0 Å². The molecule has 1 saturated heterocycles. The van der Waals surface area contributed by atoms with Crippen molar-refractivity contribution in [1.82, 2.24) is 9.88 Å². The first kappa shape index (κ1) is 15.4. The SMILES string of the molecule is CCOC(=O)N1CCC(Nc2cnccc2N(C)C)CC1. The molecule has 1 fully saturated rings. The van der Waals surface area contributed by atoms with Gasteiger partial charge >= 0.3 is 6.09 Å². The zero-order valence-corrected chi connectivity index (χ0v) is 13.0. The van der Waals surface area contributed by atoms with E-state index < -0.39 is 0 Å². The first-order chi connectivity index (χ1) is 10.1.